The number of nitrogens with zero attached hydrogens (tertiary/aromatic N) is 3. The minimum Gasteiger partial charge on any atom is -0.483 e. The van der Waals surface area contributed by atoms with Crippen LogP contribution in [0.3, 0.4) is 0 Å². The molecule has 0 aliphatic rings. The van der Waals surface area contributed by atoms with E-state index in [1.807, 2.05) is 24.6 Å². The third-order valence-electron chi connectivity index (χ3n) is 3.62. The first-order chi connectivity index (χ1) is 12.0. The zero-order valence-electron chi connectivity index (χ0n) is 13.8. The first-order valence-corrected chi connectivity index (χ1v) is 8.70. The Kier molecular flexibility index (Phi) is 5.33. The number of halogens is 2. The number of thioether (sulfide) groups is 1. The van der Waals surface area contributed by atoms with Crippen LogP contribution in [0.5, 0.6) is 5.75 Å². The highest BCUT2D eigenvalue weighted by atomic mass is 32.2. The highest BCUT2D eigenvalue weighted by Gasteiger charge is 2.17. The predicted octanol–water partition coefficient (Wildman–Crippen LogP) is 4.53. The fourth-order valence-corrected chi connectivity index (χ4v) is 3.21. The molecule has 1 atom stereocenters. The molecule has 0 bridgehead atoms. The molecule has 4 nitrogen and oxygen atoms in total. The molecule has 0 spiro atoms. The number of ether oxygens (including phenoxy) is 1. The molecule has 7 heteroatoms. The van der Waals surface area contributed by atoms with Crippen molar-refractivity contribution < 1.29 is 13.5 Å². The fourth-order valence-electron chi connectivity index (χ4n) is 2.35. The molecule has 0 aliphatic carbocycles. The van der Waals surface area contributed by atoms with E-state index in [9.17, 15) is 8.78 Å². The Morgan fingerprint density at radius 1 is 1.08 bits per heavy atom. The van der Waals surface area contributed by atoms with E-state index in [-0.39, 0.29) is 17.7 Å². The summed E-state index contributed by atoms with van der Waals surface area (Å²) in [6.07, 6.45) is -0.341. The van der Waals surface area contributed by atoms with Gasteiger partial charge in [-0.25, -0.2) is 8.78 Å². The van der Waals surface area contributed by atoms with E-state index in [4.69, 9.17) is 4.74 Å². The van der Waals surface area contributed by atoms with Crippen LogP contribution < -0.4 is 4.74 Å². The minimum atomic E-state index is -0.341. The average molecular weight is 361 g/mol. The van der Waals surface area contributed by atoms with Crippen LogP contribution in [-0.2, 0) is 12.8 Å². The van der Waals surface area contributed by atoms with Gasteiger partial charge in [0.2, 0.25) is 0 Å². The zero-order valence-corrected chi connectivity index (χ0v) is 14.6. The molecule has 3 rings (SSSR count). The second-order valence-electron chi connectivity index (χ2n) is 5.53. The van der Waals surface area contributed by atoms with Crippen molar-refractivity contribution in [2.24, 2.45) is 7.05 Å². The molecule has 3 aromatic rings. The van der Waals surface area contributed by atoms with Crippen LogP contribution in [0.1, 0.15) is 24.4 Å². The molecule has 2 aromatic carbocycles. The number of hydrogen-bond acceptors (Lipinski definition) is 4. The van der Waals surface area contributed by atoms with Gasteiger partial charge in [-0.2, -0.15) is 0 Å². The van der Waals surface area contributed by atoms with Gasteiger partial charge in [-0.15, -0.1) is 10.2 Å². The summed E-state index contributed by atoms with van der Waals surface area (Å²) >= 11 is 1.47. The van der Waals surface area contributed by atoms with Crippen LogP contribution in [0.15, 0.2) is 53.7 Å². The summed E-state index contributed by atoms with van der Waals surface area (Å²) < 4.78 is 33.8. The Hall–Kier alpha value is -2.41. The van der Waals surface area contributed by atoms with Crippen molar-refractivity contribution in [1.29, 1.82) is 0 Å². The van der Waals surface area contributed by atoms with Crippen molar-refractivity contribution in [2.75, 3.05) is 0 Å². The van der Waals surface area contributed by atoms with Crippen molar-refractivity contribution in [2.45, 2.75) is 23.9 Å². The molecule has 1 unspecified atom stereocenters. The van der Waals surface area contributed by atoms with Crippen LogP contribution in [-0.4, -0.2) is 14.8 Å². The molecule has 1 heterocycles. The normalized spacial score (nSPS) is 12.2. The lowest BCUT2D eigenvalue weighted by Gasteiger charge is -2.14. The topological polar surface area (TPSA) is 39.9 Å². The lowest BCUT2D eigenvalue weighted by molar-refractivity contribution is 0.211. The lowest BCUT2D eigenvalue weighted by Crippen LogP contribution is -2.10. The summed E-state index contributed by atoms with van der Waals surface area (Å²) in [6, 6.07) is 12.3. The lowest BCUT2D eigenvalue weighted by atomic mass is 10.2. The average Bonchev–Trinajstić information content (AvgIpc) is 2.96. The van der Waals surface area contributed by atoms with Crippen LogP contribution in [0.4, 0.5) is 8.78 Å². The Balaban J connectivity index is 1.66. The number of rotatable bonds is 6. The maximum absolute atomic E-state index is 13.2. The fraction of sp³-hybridized carbons (Fsp3) is 0.222. The standard InChI is InChI=1S/C18H17F2N3OS/c1-12(24-16-8-6-14(19)7-9-16)17-21-22-18(23(17)2)25-11-13-4-3-5-15(20)10-13/h3-10,12H,11H2,1-2H3. The quantitative estimate of drug-likeness (QED) is 0.605. The van der Waals surface area contributed by atoms with Gasteiger partial charge in [0.25, 0.3) is 0 Å². The van der Waals surface area contributed by atoms with E-state index in [0.717, 1.165) is 5.56 Å². The molecule has 0 fully saturated rings. The number of aromatic nitrogens is 3. The molecule has 25 heavy (non-hydrogen) atoms. The third-order valence-corrected chi connectivity index (χ3v) is 4.71. The summed E-state index contributed by atoms with van der Waals surface area (Å²) in [5.74, 6) is 1.25. The van der Waals surface area contributed by atoms with Gasteiger partial charge < -0.3 is 9.30 Å². The Labute approximate surface area is 148 Å². The van der Waals surface area contributed by atoms with Gasteiger partial charge in [0.05, 0.1) is 0 Å². The van der Waals surface area contributed by atoms with Gasteiger partial charge in [0.15, 0.2) is 17.1 Å². The molecule has 0 saturated heterocycles. The Bertz CT molecular complexity index is 852. The van der Waals surface area contributed by atoms with Crippen molar-refractivity contribution in [3.8, 4) is 5.75 Å². The van der Waals surface area contributed by atoms with Gasteiger partial charge in [0.1, 0.15) is 17.4 Å². The zero-order chi connectivity index (χ0) is 17.8. The maximum atomic E-state index is 13.2. The van der Waals surface area contributed by atoms with Gasteiger partial charge >= 0.3 is 0 Å². The third kappa shape index (κ3) is 4.36. The van der Waals surface area contributed by atoms with Crippen molar-refractivity contribution in [3.63, 3.8) is 0 Å². The van der Waals surface area contributed by atoms with Gasteiger partial charge in [-0.1, -0.05) is 23.9 Å². The molecular formula is C18H17F2N3OS. The Morgan fingerprint density at radius 2 is 1.84 bits per heavy atom. The maximum Gasteiger partial charge on any atom is 0.191 e. The van der Waals surface area contributed by atoms with E-state index in [0.29, 0.717) is 22.5 Å². The van der Waals surface area contributed by atoms with Crippen LogP contribution in [0.2, 0.25) is 0 Å². The molecule has 0 N–H and O–H groups in total. The van der Waals surface area contributed by atoms with E-state index < -0.39 is 0 Å². The summed E-state index contributed by atoms with van der Waals surface area (Å²) in [5.41, 5.74) is 0.880. The number of hydrogen-bond donors (Lipinski definition) is 0. The van der Waals surface area contributed by atoms with E-state index >= 15 is 0 Å². The highest BCUT2D eigenvalue weighted by Crippen LogP contribution is 2.25. The van der Waals surface area contributed by atoms with Crippen LogP contribution in [0.25, 0.3) is 0 Å². The van der Waals surface area contributed by atoms with Crippen molar-refractivity contribution >= 4 is 11.8 Å². The highest BCUT2D eigenvalue weighted by molar-refractivity contribution is 7.98. The summed E-state index contributed by atoms with van der Waals surface area (Å²) in [5, 5.41) is 9.07. The molecule has 0 saturated carbocycles. The monoisotopic (exact) mass is 361 g/mol. The first kappa shape index (κ1) is 17.4. The second-order valence-corrected chi connectivity index (χ2v) is 6.47. The van der Waals surface area contributed by atoms with Gasteiger partial charge in [0, 0.05) is 12.8 Å². The summed E-state index contributed by atoms with van der Waals surface area (Å²) in [7, 11) is 1.85. The predicted molar refractivity (Wildman–Crippen MR) is 92.4 cm³/mol. The van der Waals surface area contributed by atoms with Crippen LogP contribution >= 0.6 is 11.8 Å². The SMILES string of the molecule is CC(Oc1ccc(F)cc1)c1nnc(SCc2cccc(F)c2)n1C. The van der Waals surface area contributed by atoms with Gasteiger partial charge in [-0.05, 0) is 48.9 Å². The second kappa shape index (κ2) is 7.65. The summed E-state index contributed by atoms with van der Waals surface area (Å²) in [6.45, 7) is 1.86. The number of benzene rings is 2. The van der Waals surface area contributed by atoms with Gasteiger partial charge in [-0.3, -0.25) is 0 Å². The molecule has 130 valence electrons. The minimum absolute atomic E-state index is 0.252. The molecule has 0 amide bonds. The van der Waals surface area contributed by atoms with Crippen LogP contribution in [0, 0.1) is 11.6 Å². The van der Waals surface area contributed by atoms with E-state index in [1.54, 1.807) is 18.2 Å². The smallest absolute Gasteiger partial charge is 0.191 e. The summed E-state index contributed by atoms with van der Waals surface area (Å²) in [4.78, 5) is 0. The van der Waals surface area contributed by atoms with E-state index in [2.05, 4.69) is 10.2 Å². The largest absolute Gasteiger partial charge is 0.483 e. The van der Waals surface area contributed by atoms with Crippen molar-refractivity contribution in [1.82, 2.24) is 14.8 Å². The van der Waals surface area contributed by atoms with E-state index in [1.165, 1.54) is 36.0 Å². The molecule has 0 aliphatic heterocycles. The molecule has 0 radical (unpaired) electrons. The molecular weight excluding hydrogens is 344 g/mol. The Morgan fingerprint density at radius 3 is 2.56 bits per heavy atom. The van der Waals surface area contributed by atoms with Crippen molar-refractivity contribution in [3.05, 3.63) is 71.6 Å². The molecule has 1 aromatic heterocycles. The first-order valence-electron chi connectivity index (χ1n) is 7.71.